The van der Waals surface area contributed by atoms with Crippen LogP contribution in [0.2, 0.25) is 0 Å². The van der Waals surface area contributed by atoms with Gasteiger partial charge in [0, 0.05) is 18.7 Å². The molecular formula is C18H21FN2O3S. The fourth-order valence-electron chi connectivity index (χ4n) is 2.35. The number of carbonyl (C=O) groups excluding carboxylic acids is 1. The average Bonchev–Trinajstić information content (AvgIpc) is 2.52. The summed E-state index contributed by atoms with van der Waals surface area (Å²) >= 11 is 0. The van der Waals surface area contributed by atoms with Gasteiger partial charge in [0.1, 0.15) is 5.82 Å². The summed E-state index contributed by atoms with van der Waals surface area (Å²) in [5, 5.41) is 2.64. The van der Waals surface area contributed by atoms with Gasteiger partial charge in [-0.3, -0.25) is 4.79 Å². The van der Waals surface area contributed by atoms with Crippen LogP contribution in [0.5, 0.6) is 0 Å². The second-order valence-electron chi connectivity index (χ2n) is 5.92. The molecule has 0 radical (unpaired) electrons. The molecule has 25 heavy (non-hydrogen) atoms. The normalized spacial score (nSPS) is 11.4. The van der Waals surface area contributed by atoms with E-state index in [9.17, 15) is 17.6 Å². The maximum atomic E-state index is 13.1. The molecule has 0 aromatic heterocycles. The number of hydrogen-bond donors (Lipinski definition) is 2. The summed E-state index contributed by atoms with van der Waals surface area (Å²) < 4.78 is 40.2. The van der Waals surface area contributed by atoms with E-state index in [-0.39, 0.29) is 29.6 Å². The van der Waals surface area contributed by atoms with Gasteiger partial charge in [-0.25, -0.2) is 17.5 Å². The molecule has 2 rings (SSSR count). The molecule has 0 unspecified atom stereocenters. The third-order valence-corrected chi connectivity index (χ3v) is 5.34. The molecule has 2 aromatic rings. The first kappa shape index (κ1) is 19.1. The number of rotatable bonds is 6. The monoisotopic (exact) mass is 364 g/mol. The summed E-state index contributed by atoms with van der Waals surface area (Å²) in [6, 6.07) is 9.23. The van der Waals surface area contributed by atoms with Gasteiger partial charge in [0.25, 0.3) is 0 Å². The van der Waals surface area contributed by atoms with Crippen molar-refractivity contribution in [2.75, 3.05) is 11.9 Å². The van der Waals surface area contributed by atoms with Crippen molar-refractivity contribution in [2.45, 2.75) is 32.1 Å². The minimum absolute atomic E-state index is 0.0260. The van der Waals surface area contributed by atoms with Gasteiger partial charge in [-0.2, -0.15) is 0 Å². The predicted octanol–water partition coefficient (Wildman–Crippen LogP) is 3.06. The van der Waals surface area contributed by atoms with Crippen LogP contribution in [-0.4, -0.2) is 20.9 Å². The fraction of sp³-hybridized carbons (Fsp3) is 0.278. The van der Waals surface area contributed by atoms with E-state index in [1.165, 1.54) is 18.2 Å². The number of carbonyl (C=O) groups is 1. The van der Waals surface area contributed by atoms with Gasteiger partial charge in [0.2, 0.25) is 15.9 Å². The average molecular weight is 364 g/mol. The van der Waals surface area contributed by atoms with Gasteiger partial charge in [-0.1, -0.05) is 12.1 Å². The summed E-state index contributed by atoms with van der Waals surface area (Å²) in [5.74, 6) is -0.727. The summed E-state index contributed by atoms with van der Waals surface area (Å²) in [6.45, 7) is 5.19. The Morgan fingerprint density at radius 1 is 1.04 bits per heavy atom. The first-order valence-electron chi connectivity index (χ1n) is 7.82. The van der Waals surface area contributed by atoms with Gasteiger partial charge in [-0.15, -0.1) is 0 Å². The molecule has 0 aliphatic carbocycles. The van der Waals surface area contributed by atoms with Crippen molar-refractivity contribution < 1.29 is 17.6 Å². The Hall–Kier alpha value is -2.25. The van der Waals surface area contributed by atoms with Crippen LogP contribution in [0, 0.1) is 26.6 Å². The maximum Gasteiger partial charge on any atom is 0.240 e. The van der Waals surface area contributed by atoms with E-state index in [0.717, 1.165) is 5.56 Å². The van der Waals surface area contributed by atoms with Gasteiger partial charge < -0.3 is 5.32 Å². The highest BCUT2D eigenvalue weighted by Gasteiger charge is 2.17. The number of nitrogens with one attached hydrogen (secondary N) is 2. The molecule has 0 saturated heterocycles. The van der Waals surface area contributed by atoms with Crippen LogP contribution in [0.15, 0.2) is 41.3 Å². The number of anilines is 1. The zero-order chi connectivity index (χ0) is 18.6. The molecule has 1 amide bonds. The van der Waals surface area contributed by atoms with Gasteiger partial charge in [0.15, 0.2) is 0 Å². The Morgan fingerprint density at radius 2 is 1.76 bits per heavy atom. The molecule has 0 aliphatic rings. The molecule has 134 valence electrons. The standard InChI is InChI=1S/C18H21FN2O3S/c1-12-4-5-13(2)17(10-12)25(23,24)20-9-8-18(22)21-16-7-6-15(19)11-14(16)3/h4-7,10-11,20H,8-9H2,1-3H3,(H,21,22). The third kappa shape index (κ3) is 5.11. The van der Waals surface area contributed by atoms with Crippen molar-refractivity contribution in [1.29, 1.82) is 0 Å². The number of aryl methyl sites for hydroxylation is 3. The second-order valence-corrected chi connectivity index (χ2v) is 7.66. The van der Waals surface area contributed by atoms with E-state index in [1.807, 2.05) is 13.0 Å². The Morgan fingerprint density at radius 3 is 2.44 bits per heavy atom. The van der Waals surface area contributed by atoms with Crippen LogP contribution in [0.1, 0.15) is 23.1 Å². The van der Waals surface area contributed by atoms with Crippen molar-refractivity contribution in [1.82, 2.24) is 4.72 Å². The highest BCUT2D eigenvalue weighted by molar-refractivity contribution is 7.89. The first-order valence-corrected chi connectivity index (χ1v) is 9.30. The molecule has 5 nitrogen and oxygen atoms in total. The minimum Gasteiger partial charge on any atom is -0.326 e. The Kier molecular flexibility index (Phi) is 5.92. The van der Waals surface area contributed by atoms with Crippen molar-refractivity contribution in [3.05, 3.63) is 58.9 Å². The Balaban J connectivity index is 1.95. The Bertz CT molecular complexity index is 895. The molecule has 2 N–H and O–H groups in total. The molecular weight excluding hydrogens is 343 g/mol. The van der Waals surface area contributed by atoms with Gasteiger partial charge >= 0.3 is 0 Å². The zero-order valence-corrected chi connectivity index (χ0v) is 15.2. The van der Waals surface area contributed by atoms with E-state index in [4.69, 9.17) is 0 Å². The minimum atomic E-state index is -3.68. The third-order valence-electron chi connectivity index (χ3n) is 3.74. The fourth-order valence-corrected chi connectivity index (χ4v) is 3.71. The molecule has 2 aromatic carbocycles. The number of halogens is 1. The quantitative estimate of drug-likeness (QED) is 0.827. The van der Waals surface area contributed by atoms with E-state index in [0.29, 0.717) is 16.8 Å². The van der Waals surface area contributed by atoms with E-state index >= 15 is 0 Å². The highest BCUT2D eigenvalue weighted by atomic mass is 32.2. The van der Waals surface area contributed by atoms with Crippen LogP contribution in [0.4, 0.5) is 10.1 Å². The molecule has 0 aliphatic heterocycles. The molecule has 0 saturated carbocycles. The molecule has 0 bridgehead atoms. The molecule has 0 heterocycles. The van der Waals surface area contributed by atoms with Crippen LogP contribution < -0.4 is 10.0 Å². The first-order chi connectivity index (χ1) is 11.7. The molecule has 0 fully saturated rings. The lowest BCUT2D eigenvalue weighted by Crippen LogP contribution is -2.28. The lowest BCUT2D eigenvalue weighted by molar-refractivity contribution is -0.116. The number of sulfonamides is 1. The lowest BCUT2D eigenvalue weighted by atomic mass is 10.2. The summed E-state index contributed by atoms with van der Waals surface area (Å²) in [5.41, 5.74) is 2.59. The second kappa shape index (κ2) is 7.76. The summed E-state index contributed by atoms with van der Waals surface area (Å²) in [6.07, 6.45) is -0.0269. The van der Waals surface area contributed by atoms with Crippen LogP contribution in [0.3, 0.4) is 0 Å². The van der Waals surface area contributed by atoms with E-state index in [1.54, 1.807) is 26.0 Å². The summed E-state index contributed by atoms with van der Waals surface area (Å²) in [7, 11) is -3.68. The number of benzene rings is 2. The maximum absolute atomic E-state index is 13.1. The SMILES string of the molecule is Cc1ccc(C)c(S(=O)(=O)NCCC(=O)Nc2ccc(F)cc2C)c1. The molecule has 0 spiro atoms. The predicted molar refractivity (Wildman–Crippen MR) is 95.5 cm³/mol. The van der Waals surface area contributed by atoms with Gasteiger partial charge in [0.05, 0.1) is 4.90 Å². The van der Waals surface area contributed by atoms with Crippen molar-refractivity contribution in [3.63, 3.8) is 0 Å². The van der Waals surface area contributed by atoms with Crippen molar-refractivity contribution in [2.24, 2.45) is 0 Å². The van der Waals surface area contributed by atoms with Gasteiger partial charge in [-0.05, 0) is 61.7 Å². The lowest BCUT2D eigenvalue weighted by Gasteiger charge is -2.11. The Labute approximate surface area is 147 Å². The summed E-state index contributed by atoms with van der Waals surface area (Å²) in [4.78, 5) is 12.2. The van der Waals surface area contributed by atoms with Crippen LogP contribution in [0.25, 0.3) is 0 Å². The topological polar surface area (TPSA) is 75.3 Å². The van der Waals surface area contributed by atoms with Crippen LogP contribution >= 0.6 is 0 Å². The van der Waals surface area contributed by atoms with Crippen molar-refractivity contribution >= 4 is 21.6 Å². The number of hydrogen-bond acceptors (Lipinski definition) is 3. The zero-order valence-electron chi connectivity index (χ0n) is 14.4. The smallest absolute Gasteiger partial charge is 0.240 e. The van der Waals surface area contributed by atoms with Crippen molar-refractivity contribution in [3.8, 4) is 0 Å². The number of amides is 1. The molecule has 7 heteroatoms. The molecule has 0 atom stereocenters. The van der Waals surface area contributed by atoms with E-state index in [2.05, 4.69) is 10.0 Å². The largest absolute Gasteiger partial charge is 0.326 e. The van der Waals surface area contributed by atoms with E-state index < -0.39 is 10.0 Å². The van der Waals surface area contributed by atoms with Crippen LogP contribution in [-0.2, 0) is 14.8 Å². The highest BCUT2D eigenvalue weighted by Crippen LogP contribution is 2.17.